The molecule has 0 aliphatic carbocycles. The summed E-state index contributed by atoms with van der Waals surface area (Å²) in [4.78, 5) is 0. The summed E-state index contributed by atoms with van der Waals surface area (Å²) in [5.74, 6) is 0. The third-order valence-electron chi connectivity index (χ3n) is 2.38. The first-order valence-corrected chi connectivity index (χ1v) is 4.78. The maximum Gasteiger partial charge on any atom is 0.0406 e. The fourth-order valence-electron chi connectivity index (χ4n) is 1.90. The molecule has 3 N–H and O–H groups in total. The topological polar surface area (TPSA) is 49.9 Å². The molecule has 0 spiro atoms. The van der Waals surface area contributed by atoms with E-state index >= 15 is 0 Å². The van der Waals surface area contributed by atoms with Crippen molar-refractivity contribution in [3.63, 3.8) is 0 Å². The summed E-state index contributed by atoms with van der Waals surface area (Å²) in [5, 5.41) is 7.40. The molecule has 1 aromatic carbocycles. The van der Waals surface area contributed by atoms with Gasteiger partial charge in [0, 0.05) is 17.5 Å². The molecule has 0 amide bonds. The summed E-state index contributed by atoms with van der Waals surface area (Å²) in [7, 11) is 0. The van der Waals surface area contributed by atoms with Gasteiger partial charge in [0.15, 0.2) is 0 Å². The lowest BCUT2D eigenvalue weighted by Gasteiger charge is -2.24. The van der Waals surface area contributed by atoms with E-state index in [1.54, 1.807) is 0 Å². The van der Waals surface area contributed by atoms with Gasteiger partial charge in [0.1, 0.15) is 0 Å². The number of nitrogens with one attached hydrogen (secondary N) is 1. The van der Waals surface area contributed by atoms with Crippen LogP contribution >= 0.6 is 0 Å². The molecule has 0 saturated heterocycles. The molecule has 0 bridgehead atoms. The first kappa shape index (κ1) is 10.8. The van der Waals surface area contributed by atoms with Crippen LogP contribution in [0.5, 0.6) is 0 Å². The first-order valence-electron chi connectivity index (χ1n) is 4.78. The van der Waals surface area contributed by atoms with Gasteiger partial charge in [-0.2, -0.15) is 0 Å². The van der Waals surface area contributed by atoms with Crippen molar-refractivity contribution in [3.05, 3.63) is 28.8 Å². The van der Waals surface area contributed by atoms with Gasteiger partial charge in [-0.15, -0.1) is 0 Å². The van der Waals surface area contributed by atoms with Gasteiger partial charge in [0.2, 0.25) is 0 Å². The Morgan fingerprint density at radius 1 is 1.29 bits per heavy atom. The predicted octanol–water partition coefficient (Wildman–Crippen LogP) is 2.87. The average molecular weight is 190 g/mol. The number of hydrogen-bond donors (Lipinski definition) is 2. The monoisotopic (exact) mass is 190 g/mol. The molecule has 0 aliphatic heterocycles. The Bertz CT molecular complexity index is 359. The Kier molecular flexibility index (Phi) is 2.65. The number of anilines is 1. The molecular weight excluding hydrogens is 172 g/mol. The normalized spacial score (nSPS) is 11.4. The Morgan fingerprint density at radius 3 is 2.21 bits per heavy atom. The molecule has 14 heavy (non-hydrogen) atoms. The maximum atomic E-state index is 7.40. The van der Waals surface area contributed by atoms with E-state index in [1.807, 2.05) is 12.1 Å². The lowest BCUT2D eigenvalue weighted by atomic mass is 9.80. The molecule has 0 fully saturated rings. The summed E-state index contributed by atoms with van der Waals surface area (Å²) >= 11 is 0. The van der Waals surface area contributed by atoms with Crippen LogP contribution in [-0.2, 0) is 5.41 Å². The van der Waals surface area contributed by atoms with Crippen LogP contribution in [-0.4, -0.2) is 6.21 Å². The number of aryl methyl sites for hydroxylation is 1. The smallest absolute Gasteiger partial charge is 0.0406 e. The third kappa shape index (κ3) is 1.79. The summed E-state index contributed by atoms with van der Waals surface area (Å²) in [6, 6.07) is 3.88. The van der Waals surface area contributed by atoms with Crippen molar-refractivity contribution in [2.45, 2.75) is 33.1 Å². The molecule has 0 aromatic heterocycles. The number of nitrogens with two attached hydrogens (primary N) is 1. The molecule has 0 heterocycles. The summed E-state index contributed by atoms with van der Waals surface area (Å²) in [5.41, 5.74) is 9.80. The average Bonchev–Trinajstić information content (AvgIpc) is 2.06. The van der Waals surface area contributed by atoms with Crippen molar-refractivity contribution in [1.82, 2.24) is 0 Å². The lowest BCUT2D eigenvalue weighted by molar-refractivity contribution is 0.585. The largest absolute Gasteiger partial charge is 0.398 e. The second kappa shape index (κ2) is 3.45. The van der Waals surface area contributed by atoms with E-state index in [4.69, 9.17) is 11.1 Å². The van der Waals surface area contributed by atoms with Crippen LogP contribution in [0.1, 0.15) is 37.5 Å². The van der Waals surface area contributed by atoms with Crippen molar-refractivity contribution < 1.29 is 0 Å². The molecule has 0 unspecified atom stereocenters. The standard InChI is InChI=1S/C12H18N2/c1-8-5-6-10(14)9(7-13)11(8)12(2,3)4/h5-7,13H,14H2,1-4H3. The van der Waals surface area contributed by atoms with Crippen LogP contribution in [0.3, 0.4) is 0 Å². The molecule has 0 saturated carbocycles. The van der Waals surface area contributed by atoms with Crippen molar-refractivity contribution in [1.29, 1.82) is 5.41 Å². The molecule has 2 nitrogen and oxygen atoms in total. The lowest BCUT2D eigenvalue weighted by Crippen LogP contribution is -2.17. The quantitative estimate of drug-likeness (QED) is 0.519. The zero-order chi connectivity index (χ0) is 10.9. The number of hydrogen-bond acceptors (Lipinski definition) is 2. The minimum absolute atomic E-state index is 0.0341. The van der Waals surface area contributed by atoms with Gasteiger partial charge in [0.25, 0.3) is 0 Å². The van der Waals surface area contributed by atoms with Crippen molar-refractivity contribution in [2.75, 3.05) is 5.73 Å². The molecule has 0 radical (unpaired) electrons. The molecular formula is C12H18N2. The first-order chi connectivity index (χ1) is 6.38. The Morgan fingerprint density at radius 2 is 1.86 bits per heavy atom. The zero-order valence-electron chi connectivity index (χ0n) is 9.31. The fourth-order valence-corrected chi connectivity index (χ4v) is 1.90. The van der Waals surface area contributed by atoms with E-state index in [1.165, 1.54) is 17.3 Å². The number of rotatable bonds is 1. The van der Waals surface area contributed by atoms with Crippen LogP contribution in [0.4, 0.5) is 5.69 Å². The molecule has 2 heteroatoms. The summed E-state index contributed by atoms with van der Waals surface area (Å²) < 4.78 is 0. The van der Waals surface area contributed by atoms with Crippen LogP contribution in [0, 0.1) is 12.3 Å². The minimum atomic E-state index is 0.0341. The molecule has 1 rings (SSSR count). The van der Waals surface area contributed by atoms with E-state index in [-0.39, 0.29) is 5.41 Å². The van der Waals surface area contributed by atoms with Crippen LogP contribution in [0.25, 0.3) is 0 Å². The van der Waals surface area contributed by atoms with E-state index in [9.17, 15) is 0 Å². The Hall–Kier alpha value is -1.31. The molecule has 76 valence electrons. The van der Waals surface area contributed by atoms with Crippen LogP contribution in [0.2, 0.25) is 0 Å². The van der Waals surface area contributed by atoms with Crippen molar-refractivity contribution in [3.8, 4) is 0 Å². The van der Waals surface area contributed by atoms with E-state index < -0.39 is 0 Å². The highest BCUT2D eigenvalue weighted by Crippen LogP contribution is 2.31. The van der Waals surface area contributed by atoms with E-state index in [0.717, 1.165) is 5.56 Å². The minimum Gasteiger partial charge on any atom is -0.398 e. The fraction of sp³-hybridized carbons (Fsp3) is 0.417. The van der Waals surface area contributed by atoms with E-state index in [0.29, 0.717) is 5.69 Å². The van der Waals surface area contributed by atoms with Crippen LogP contribution in [0.15, 0.2) is 12.1 Å². The highest BCUT2D eigenvalue weighted by molar-refractivity contribution is 5.88. The molecule has 1 aromatic rings. The molecule has 0 atom stereocenters. The second-order valence-corrected chi connectivity index (χ2v) is 4.65. The van der Waals surface area contributed by atoms with Gasteiger partial charge in [0.05, 0.1) is 0 Å². The zero-order valence-corrected chi connectivity index (χ0v) is 9.31. The van der Waals surface area contributed by atoms with Gasteiger partial charge in [-0.1, -0.05) is 26.8 Å². The summed E-state index contributed by atoms with van der Waals surface area (Å²) in [6.45, 7) is 8.48. The SMILES string of the molecule is Cc1ccc(N)c(C=N)c1C(C)(C)C. The van der Waals surface area contributed by atoms with E-state index in [2.05, 4.69) is 27.7 Å². The highest BCUT2D eigenvalue weighted by Gasteiger charge is 2.20. The predicted molar refractivity (Wildman–Crippen MR) is 62.2 cm³/mol. The second-order valence-electron chi connectivity index (χ2n) is 4.65. The van der Waals surface area contributed by atoms with Crippen molar-refractivity contribution >= 4 is 11.9 Å². The van der Waals surface area contributed by atoms with Gasteiger partial charge in [-0.25, -0.2) is 0 Å². The van der Waals surface area contributed by atoms with Gasteiger partial charge in [-0.3, -0.25) is 0 Å². The van der Waals surface area contributed by atoms with Crippen molar-refractivity contribution in [2.24, 2.45) is 0 Å². The molecule has 0 aliphatic rings. The van der Waals surface area contributed by atoms with Gasteiger partial charge < -0.3 is 11.1 Å². The summed E-state index contributed by atoms with van der Waals surface area (Å²) in [6.07, 6.45) is 1.35. The Balaban J connectivity index is 3.53. The van der Waals surface area contributed by atoms with Crippen LogP contribution < -0.4 is 5.73 Å². The number of nitrogen functional groups attached to an aromatic ring is 1. The Labute approximate surface area is 85.6 Å². The number of benzene rings is 1. The van der Waals surface area contributed by atoms with Gasteiger partial charge >= 0.3 is 0 Å². The maximum absolute atomic E-state index is 7.40. The van der Waals surface area contributed by atoms with Gasteiger partial charge in [-0.05, 0) is 29.5 Å². The third-order valence-corrected chi connectivity index (χ3v) is 2.38. The highest BCUT2D eigenvalue weighted by atomic mass is 14.6.